The lowest BCUT2D eigenvalue weighted by molar-refractivity contribution is 0.0687. The number of unbranched alkanes of at least 4 members (excludes halogenated alkanes) is 1. The Bertz CT molecular complexity index is 354. The second kappa shape index (κ2) is 11.5. The van der Waals surface area contributed by atoms with Gasteiger partial charge in [0.15, 0.2) is 0 Å². The molecule has 0 heterocycles. The summed E-state index contributed by atoms with van der Waals surface area (Å²) in [6, 6.07) is 8.71. The van der Waals surface area contributed by atoms with Crippen molar-refractivity contribution >= 4 is 0 Å². The molecule has 0 aliphatic carbocycles. The third kappa shape index (κ3) is 7.46. The number of hydrogen-bond donors (Lipinski definition) is 1. The number of ether oxygens (including phenoxy) is 3. The smallest absolute Gasteiger partial charge is 0.118 e. The number of nitrogens with one attached hydrogen (secondary N) is 1. The van der Waals surface area contributed by atoms with Crippen molar-refractivity contribution < 1.29 is 14.2 Å². The van der Waals surface area contributed by atoms with Crippen LogP contribution in [0.15, 0.2) is 24.3 Å². The zero-order valence-electron chi connectivity index (χ0n) is 13.6. The van der Waals surface area contributed by atoms with E-state index in [0.29, 0.717) is 19.3 Å². The summed E-state index contributed by atoms with van der Waals surface area (Å²) in [4.78, 5) is 0. The average Bonchev–Trinajstić information content (AvgIpc) is 2.54. The molecule has 0 amide bonds. The summed E-state index contributed by atoms with van der Waals surface area (Å²) >= 11 is 0. The van der Waals surface area contributed by atoms with Gasteiger partial charge in [0.25, 0.3) is 0 Å². The fraction of sp³-hybridized carbons (Fsp3) is 0.647. The minimum absolute atomic E-state index is 0.408. The molecule has 0 saturated heterocycles. The van der Waals surface area contributed by atoms with E-state index in [1.54, 1.807) is 14.2 Å². The summed E-state index contributed by atoms with van der Waals surface area (Å²) < 4.78 is 15.6. The summed E-state index contributed by atoms with van der Waals surface area (Å²) in [5.41, 5.74) is 1.31. The van der Waals surface area contributed by atoms with Gasteiger partial charge in [-0.05, 0) is 43.5 Å². The average molecular weight is 295 g/mol. The number of methoxy groups -OCH3 is 2. The largest absolute Gasteiger partial charge is 0.497 e. The Labute approximate surface area is 128 Å². The molecule has 0 fully saturated rings. The molecule has 0 aliphatic heterocycles. The van der Waals surface area contributed by atoms with E-state index < -0.39 is 0 Å². The number of hydrogen-bond acceptors (Lipinski definition) is 4. The van der Waals surface area contributed by atoms with Gasteiger partial charge in [0.1, 0.15) is 5.75 Å². The summed E-state index contributed by atoms with van der Waals surface area (Å²) in [5, 5.41) is 3.60. The summed E-state index contributed by atoms with van der Waals surface area (Å²) in [7, 11) is 3.39. The summed E-state index contributed by atoms with van der Waals surface area (Å²) in [5.74, 6) is 0.904. The van der Waals surface area contributed by atoms with Gasteiger partial charge in [-0.2, -0.15) is 0 Å². The Kier molecular flexibility index (Phi) is 9.87. The van der Waals surface area contributed by atoms with Gasteiger partial charge in [-0.25, -0.2) is 0 Å². The maximum Gasteiger partial charge on any atom is 0.118 e. The lowest BCUT2D eigenvalue weighted by Gasteiger charge is -2.17. The Hall–Kier alpha value is -1.10. The van der Waals surface area contributed by atoms with Crippen molar-refractivity contribution in [2.75, 3.05) is 40.6 Å². The first-order chi connectivity index (χ1) is 10.3. The van der Waals surface area contributed by atoms with Crippen LogP contribution in [0.2, 0.25) is 0 Å². The molecule has 4 nitrogen and oxygen atoms in total. The SMILES string of the molecule is CCC(NCCCCOCCOC)c1ccc(OC)cc1. The second-order valence-electron chi connectivity index (χ2n) is 5.00. The molecule has 0 aromatic heterocycles. The van der Waals surface area contributed by atoms with Crippen molar-refractivity contribution in [2.24, 2.45) is 0 Å². The molecular weight excluding hydrogens is 266 g/mol. The molecule has 120 valence electrons. The first-order valence-corrected chi connectivity index (χ1v) is 7.75. The Morgan fingerprint density at radius 1 is 1.00 bits per heavy atom. The van der Waals surface area contributed by atoms with E-state index in [9.17, 15) is 0 Å². The Morgan fingerprint density at radius 2 is 1.76 bits per heavy atom. The summed E-state index contributed by atoms with van der Waals surface area (Å²) in [6.45, 7) is 5.39. The van der Waals surface area contributed by atoms with E-state index in [0.717, 1.165) is 38.2 Å². The zero-order valence-corrected chi connectivity index (χ0v) is 13.6. The van der Waals surface area contributed by atoms with E-state index in [1.165, 1.54) is 5.56 Å². The molecule has 1 atom stereocenters. The van der Waals surface area contributed by atoms with Crippen LogP contribution >= 0.6 is 0 Å². The lowest BCUT2D eigenvalue weighted by Crippen LogP contribution is -2.22. The quantitative estimate of drug-likeness (QED) is 0.601. The van der Waals surface area contributed by atoms with Crippen LogP contribution in [0.4, 0.5) is 0 Å². The van der Waals surface area contributed by atoms with Crippen molar-refractivity contribution in [3.63, 3.8) is 0 Å². The third-order valence-corrected chi connectivity index (χ3v) is 3.46. The molecule has 0 aliphatic rings. The van der Waals surface area contributed by atoms with Crippen molar-refractivity contribution in [1.82, 2.24) is 5.32 Å². The highest BCUT2D eigenvalue weighted by molar-refractivity contribution is 5.29. The van der Waals surface area contributed by atoms with Gasteiger partial charge in [-0.3, -0.25) is 0 Å². The zero-order chi connectivity index (χ0) is 15.3. The monoisotopic (exact) mass is 295 g/mol. The highest BCUT2D eigenvalue weighted by atomic mass is 16.5. The molecule has 21 heavy (non-hydrogen) atoms. The normalized spacial score (nSPS) is 12.3. The summed E-state index contributed by atoms with van der Waals surface area (Å²) in [6.07, 6.45) is 3.28. The fourth-order valence-electron chi connectivity index (χ4n) is 2.18. The van der Waals surface area contributed by atoms with Gasteiger partial charge in [-0.1, -0.05) is 19.1 Å². The molecule has 1 unspecified atom stereocenters. The molecule has 0 radical (unpaired) electrons. The van der Waals surface area contributed by atoms with Crippen molar-refractivity contribution in [2.45, 2.75) is 32.2 Å². The molecular formula is C17H29NO3. The van der Waals surface area contributed by atoms with E-state index in [-0.39, 0.29) is 0 Å². The molecule has 0 saturated carbocycles. The maximum absolute atomic E-state index is 5.45. The van der Waals surface area contributed by atoms with Crippen LogP contribution in [0.1, 0.15) is 37.8 Å². The van der Waals surface area contributed by atoms with Crippen LogP contribution in [0.5, 0.6) is 5.75 Å². The fourth-order valence-corrected chi connectivity index (χ4v) is 2.18. The number of benzene rings is 1. The molecule has 1 aromatic carbocycles. The molecule has 1 rings (SSSR count). The first-order valence-electron chi connectivity index (χ1n) is 7.75. The molecule has 4 heteroatoms. The number of rotatable bonds is 12. The topological polar surface area (TPSA) is 39.7 Å². The van der Waals surface area contributed by atoms with Gasteiger partial charge in [0.05, 0.1) is 20.3 Å². The maximum atomic E-state index is 5.45. The highest BCUT2D eigenvalue weighted by Crippen LogP contribution is 2.19. The van der Waals surface area contributed by atoms with Crippen molar-refractivity contribution in [1.29, 1.82) is 0 Å². The minimum atomic E-state index is 0.408. The molecule has 0 bridgehead atoms. The van der Waals surface area contributed by atoms with Crippen LogP contribution < -0.4 is 10.1 Å². The van der Waals surface area contributed by atoms with E-state index in [4.69, 9.17) is 14.2 Å². The highest BCUT2D eigenvalue weighted by Gasteiger charge is 2.08. The van der Waals surface area contributed by atoms with Gasteiger partial charge < -0.3 is 19.5 Å². The van der Waals surface area contributed by atoms with E-state index in [1.807, 2.05) is 12.1 Å². The van der Waals surface area contributed by atoms with Crippen LogP contribution in [-0.4, -0.2) is 40.6 Å². The van der Waals surface area contributed by atoms with Crippen LogP contribution in [0.25, 0.3) is 0 Å². The van der Waals surface area contributed by atoms with Crippen LogP contribution in [0, 0.1) is 0 Å². The standard InChI is InChI=1S/C17H29NO3/c1-4-17(15-7-9-16(20-3)10-8-15)18-11-5-6-12-21-14-13-19-2/h7-10,17-18H,4-6,11-14H2,1-3H3. The van der Waals surface area contributed by atoms with Gasteiger partial charge in [0.2, 0.25) is 0 Å². The van der Waals surface area contributed by atoms with E-state index in [2.05, 4.69) is 24.4 Å². The lowest BCUT2D eigenvalue weighted by atomic mass is 10.0. The predicted octanol–water partition coefficient (Wildman–Crippen LogP) is 3.18. The Balaban J connectivity index is 2.18. The Morgan fingerprint density at radius 3 is 2.38 bits per heavy atom. The van der Waals surface area contributed by atoms with Crippen LogP contribution in [0.3, 0.4) is 0 Å². The molecule has 1 aromatic rings. The molecule has 0 spiro atoms. The van der Waals surface area contributed by atoms with Crippen molar-refractivity contribution in [3.8, 4) is 5.75 Å². The van der Waals surface area contributed by atoms with Gasteiger partial charge in [0, 0.05) is 19.8 Å². The second-order valence-corrected chi connectivity index (χ2v) is 5.00. The van der Waals surface area contributed by atoms with Gasteiger partial charge >= 0.3 is 0 Å². The van der Waals surface area contributed by atoms with Crippen LogP contribution in [-0.2, 0) is 9.47 Å². The van der Waals surface area contributed by atoms with E-state index >= 15 is 0 Å². The minimum Gasteiger partial charge on any atom is -0.497 e. The van der Waals surface area contributed by atoms with Crippen molar-refractivity contribution in [3.05, 3.63) is 29.8 Å². The van der Waals surface area contributed by atoms with Gasteiger partial charge in [-0.15, -0.1) is 0 Å². The molecule has 1 N–H and O–H groups in total. The third-order valence-electron chi connectivity index (χ3n) is 3.46. The first kappa shape index (κ1) is 18.0. The predicted molar refractivity (Wildman–Crippen MR) is 86.0 cm³/mol.